The summed E-state index contributed by atoms with van der Waals surface area (Å²) in [5, 5.41) is 4.14. The van der Waals surface area contributed by atoms with E-state index >= 15 is 0 Å². The van der Waals surface area contributed by atoms with Gasteiger partial charge in [-0.1, -0.05) is 12.1 Å². The third-order valence-corrected chi connectivity index (χ3v) is 6.77. The minimum Gasteiger partial charge on any atom is -0.455 e. The molecule has 0 aliphatic heterocycles. The monoisotopic (exact) mass is 453 g/mol. The lowest BCUT2D eigenvalue weighted by Crippen LogP contribution is -2.32. The Morgan fingerprint density at radius 2 is 1.83 bits per heavy atom. The van der Waals surface area contributed by atoms with Crippen molar-refractivity contribution in [1.29, 1.82) is 0 Å². The van der Waals surface area contributed by atoms with Gasteiger partial charge in [-0.15, -0.1) is 11.3 Å². The summed E-state index contributed by atoms with van der Waals surface area (Å²) in [6.07, 6.45) is 0. The van der Waals surface area contributed by atoms with Crippen LogP contribution < -0.4 is 10.0 Å². The normalized spacial score (nSPS) is 11.0. The molecule has 0 atom stereocenters. The number of anilines is 1. The second kappa shape index (κ2) is 10.9. The molecule has 2 amide bonds. The van der Waals surface area contributed by atoms with Crippen LogP contribution in [0.3, 0.4) is 0 Å². The molecule has 2 rings (SSSR count). The molecule has 2 aromatic rings. The predicted octanol–water partition coefficient (Wildman–Crippen LogP) is 1.69. The summed E-state index contributed by atoms with van der Waals surface area (Å²) in [5.41, 5.74) is 0.809. The van der Waals surface area contributed by atoms with Crippen molar-refractivity contribution in [1.82, 2.24) is 9.62 Å². The molecule has 1 heterocycles. The zero-order valence-corrected chi connectivity index (χ0v) is 18.2. The number of hydrogen-bond acceptors (Lipinski definition) is 7. The van der Waals surface area contributed by atoms with Gasteiger partial charge in [-0.25, -0.2) is 8.42 Å². The van der Waals surface area contributed by atoms with Crippen LogP contribution in [0.1, 0.15) is 24.2 Å². The molecule has 0 spiro atoms. The van der Waals surface area contributed by atoms with Gasteiger partial charge in [-0.2, -0.15) is 4.72 Å². The molecule has 1 aromatic carbocycles. The molecule has 162 valence electrons. The van der Waals surface area contributed by atoms with Crippen molar-refractivity contribution in [2.45, 2.75) is 18.1 Å². The summed E-state index contributed by atoms with van der Waals surface area (Å²) in [4.78, 5) is 37.8. The van der Waals surface area contributed by atoms with Crippen LogP contribution in [0.5, 0.6) is 0 Å². The van der Waals surface area contributed by atoms with Gasteiger partial charge in [0.25, 0.3) is 21.8 Å². The lowest BCUT2D eigenvalue weighted by molar-refractivity contribution is -0.146. The van der Waals surface area contributed by atoms with Crippen LogP contribution in [-0.4, -0.2) is 57.3 Å². The van der Waals surface area contributed by atoms with E-state index in [1.807, 2.05) is 13.8 Å². The highest BCUT2D eigenvalue weighted by Gasteiger charge is 2.18. The SMILES string of the molecule is CCN(CC)C(=O)c1cccc(NC(=O)COC(=O)CNS(=O)(=O)c2cccs2)c1. The lowest BCUT2D eigenvalue weighted by Gasteiger charge is -2.19. The quantitative estimate of drug-likeness (QED) is 0.528. The Balaban J connectivity index is 1.84. The van der Waals surface area contributed by atoms with Crippen LogP contribution in [0.2, 0.25) is 0 Å². The van der Waals surface area contributed by atoms with Crippen molar-refractivity contribution in [3.63, 3.8) is 0 Å². The third-order valence-electron chi connectivity index (χ3n) is 3.97. The number of carbonyl (C=O) groups is 3. The van der Waals surface area contributed by atoms with Crippen LogP contribution in [0, 0.1) is 0 Å². The zero-order chi connectivity index (χ0) is 22.1. The predicted molar refractivity (Wildman–Crippen MR) is 113 cm³/mol. The summed E-state index contributed by atoms with van der Waals surface area (Å²) in [6, 6.07) is 9.41. The molecule has 0 bridgehead atoms. The lowest BCUT2D eigenvalue weighted by atomic mass is 10.1. The smallest absolute Gasteiger partial charge is 0.321 e. The number of nitrogens with one attached hydrogen (secondary N) is 2. The Morgan fingerprint density at radius 3 is 2.47 bits per heavy atom. The van der Waals surface area contributed by atoms with E-state index in [9.17, 15) is 22.8 Å². The van der Waals surface area contributed by atoms with E-state index in [1.54, 1.807) is 34.5 Å². The fraction of sp³-hybridized carbons (Fsp3) is 0.316. The second-order valence-electron chi connectivity index (χ2n) is 6.02. The molecule has 0 fully saturated rings. The van der Waals surface area contributed by atoms with Crippen molar-refractivity contribution in [3.05, 3.63) is 47.3 Å². The minimum atomic E-state index is -3.79. The third kappa shape index (κ3) is 6.65. The number of nitrogens with zero attached hydrogens (tertiary/aromatic N) is 1. The first-order chi connectivity index (χ1) is 14.3. The summed E-state index contributed by atoms with van der Waals surface area (Å²) in [6.45, 7) is 3.70. The number of hydrogen-bond donors (Lipinski definition) is 2. The maximum Gasteiger partial charge on any atom is 0.321 e. The Kier molecular flexibility index (Phi) is 8.51. The number of benzene rings is 1. The van der Waals surface area contributed by atoms with E-state index in [2.05, 4.69) is 10.0 Å². The van der Waals surface area contributed by atoms with E-state index in [0.717, 1.165) is 11.3 Å². The molecule has 0 saturated carbocycles. The molecular formula is C19H23N3O6S2. The summed E-state index contributed by atoms with van der Waals surface area (Å²) in [7, 11) is -3.79. The van der Waals surface area contributed by atoms with Crippen LogP contribution >= 0.6 is 11.3 Å². The summed E-state index contributed by atoms with van der Waals surface area (Å²) in [5.74, 6) is -1.66. The zero-order valence-electron chi connectivity index (χ0n) is 16.6. The molecule has 9 nitrogen and oxygen atoms in total. The van der Waals surface area contributed by atoms with E-state index in [0.29, 0.717) is 24.3 Å². The van der Waals surface area contributed by atoms with E-state index in [1.165, 1.54) is 12.1 Å². The van der Waals surface area contributed by atoms with Crippen molar-refractivity contribution in [3.8, 4) is 0 Å². The number of amides is 2. The summed E-state index contributed by atoms with van der Waals surface area (Å²) < 4.78 is 30.8. The van der Waals surface area contributed by atoms with Gasteiger partial charge in [-0.3, -0.25) is 14.4 Å². The Hall–Kier alpha value is -2.76. The van der Waals surface area contributed by atoms with Crippen LogP contribution in [-0.2, 0) is 24.3 Å². The van der Waals surface area contributed by atoms with Crippen LogP contribution in [0.4, 0.5) is 5.69 Å². The highest BCUT2D eigenvalue weighted by Crippen LogP contribution is 2.15. The van der Waals surface area contributed by atoms with Gasteiger partial charge in [-0.05, 0) is 43.5 Å². The fourth-order valence-electron chi connectivity index (χ4n) is 2.46. The Bertz CT molecular complexity index is 985. The molecule has 2 N–H and O–H groups in total. The van der Waals surface area contributed by atoms with Crippen molar-refractivity contribution in [2.75, 3.05) is 31.6 Å². The number of esters is 1. The van der Waals surface area contributed by atoms with Crippen molar-refractivity contribution >= 4 is 44.8 Å². The summed E-state index contributed by atoms with van der Waals surface area (Å²) >= 11 is 1.01. The Morgan fingerprint density at radius 1 is 1.10 bits per heavy atom. The van der Waals surface area contributed by atoms with E-state index in [4.69, 9.17) is 4.74 Å². The van der Waals surface area contributed by atoms with Gasteiger partial charge < -0.3 is 15.0 Å². The van der Waals surface area contributed by atoms with Crippen molar-refractivity contribution < 1.29 is 27.5 Å². The van der Waals surface area contributed by atoms with Crippen LogP contribution in [0.25, 0.3) is 0 Å². The molecule has 0 radical (unpaired) electrons. The molecule has 0 aliphatic rings. The number of thiophene rings is 1. The largest absolute Gasteiger partial charge is 0.455 e. The number of rotatable bonds is 10. The second-order valence-corrected chi connectivity index (χ2v) is 8.97. The van der Waals surface area contributed by atoms with Gasteiger partial charge in [0, 0.05) is 24.3 Å². The number of ether oxygens (including phenoxy) is 1. The molecular weight excluding hydrogens is 430 g/mol. The van der Waals surface area contributed by atoms with E-state index < -0.39 is 35.1 Å². The number of sulfonamides is 1. The first kappa shape index (κ1) is 23.5. The first-order valence-electron chi connectivity index (χ1n) is 9.14. The molecule has 0 unspecified atom stereocenters. The Labute approximate surface area is 179 Å². The maximum absolute atomic E-state index is 12.4. The molecule has 30 heavy (non-hydrogen) atoms. The molecule has 0 saturated heterocycles. The van der Waals surface area contributed by atoms with Gasteiger partial charge in [0.2, 0.25) is 0 Å². The maximum atomic E-state index is 12.4. The number of carbonyl (C=O) groups excluding carboxylic acids is 3. The highest BCUT2D eigenvalue weighted by atomic mass is 32.2. The molecule has 1 aromatic heterocycles. The van der Waals surface area contributed by atoms with E-state index in [-0.39, 0.29) is 10.1 Å². The van der Waals surface area contributed by atoms with Crippen LogP contribution in [0.15, 0.2) is 46.0 Å². The standard InChI is InChI=1S/C19H23N3O6S2/c1-3-22(4-2)19(25)14-7-5-8-15(11-14)21-16(23)13-28-17(24)12-20-30(26,27)18-9-6-10-29-18/h5-11,20H,3-4,12-13H2,1-2H3,(H,21,23). The van der Waals surface area contributed by atoms with Gasteiger partial charge >= 0.3 is 5.97 Å². The average molecular weight is 454 g/mol. The highest BCUT2D eigenvalue weighted by molar-refractivity contribution is 7.91. The minimum absolute atomic E-state index is 0.0761. The molecule has 11 heteroatoms. The van der Waals surface area contributed by atoms with Crippen molar-refractivity contribution in [2.24, 2.45) is 0 Å². The molecule has 0 aliphatic carbocycles. The van der Waals surface area contributed by atoms with Gasteiger partial charge in [0.05, 0.1) is 0 Å². The average Bonchev–Trinajstić information content (AvgIpc) is 3.28. The fourth-order valence-corrected chi connectivity index (χ4v) is 4.47. The first-order valence-corrected chi connectivity index (χ1v) is 11.5. The van der Waals surface area contributed by atoms with Gasteiger partial charge in [0.15, 0.2) is 6.61 Å². The van der Waals surface area contributed by atoms with Gasteiger partial charge in [0.1, 0.15) is 10.8 Å². The topological polar surface area (TPSA) is 122 Å².